The molecule has 1 aliphatic heterocycles. The Balaban J connectivity index is 1.71. The summed E-state index contributed by atoms with van der Waals surface area (Å²) in [5.41, 5.74) is 0.918. The van der Waals surface area contributed by atoms with E-state index in [4.69, 9.17) is 4.74 Å². The van der Waals surface area contributed by atoms with E-state index in [1.165, 1.54) is 12.1 Å². The predicted molar refractivity (Wildman–Crippen MR) is 94.2 cm³/mol. The van der Waals surface area contributed by atoms with E-state index in [1.807, 2.05) is 0 Å². The average molecular weight is 374 g/mol. The summed E-state index contributed by atoms with van der Waals surface area (Å²) in [5, 5.41) is 2.71. The normalized spacial score (nSPS) is 16.1. The molecule has 0 radical (unpaired) electrons. The number of ether oxygens (including phenoxy) is 1. The zero-order valence-corrected chi connectivity index (χ0v) is 15.1. The highest BCUT2D eigenvalue weighted by molar-refractivity contribution is 7.90. The van der Waals surface area contributed by atoms with Crippen LogP contribution in [0, 0.1) is 0 Å². The largest absolute Gasteiger partial charge is 0.497 e. The maximum Gasteiger partial charge on any atom is 0.269 e. The number of benzene rings is 2. The van der Waals surface area contributed by atoms with Crippen LogP contribution in [0.15, 0.2) is 53.4 Å². The van der Waals surface area contributed by atoms with Gasteiger partial charge in [-0.1, -0.05) is 24.3 Å². The number of amides is 2. The van der Waals surface area contributed by atoms with Gasteiger partial charge in [0.2, 0.25) is 5.91 Å². The third kappa shape index (κ3) is 3.15. The number of carbonyl (C=O) groups is 2. The Kier molecular flexibility index (Phi) is 4.69. The lowest BCUT2D eigenvalue weighted by Gasteiger charge is -2.18. The molecule has 136 valence electrons. The number of hydrogen-bond acceptors (Lipinski definition) is 5. The number of nitrogens with zero attached hydrogens (tertiary/aromatic N) is 1. The smallest absolute Gasteiger partial charge is 0.269 e. The molecule has 8 heteroatoms. The molecule has 1 atom stereocenters. The molecule has 0 unspecified atom stereocenters. The molecule has 3 rings (SSSR count). The van der Waals surface area contributed by atoms with Crippen LogP contribution >= 0.6 is 0 Å². The van der Waals surface area contributed by atoms with Crippen molar-refractivity contribution in [3.63, 3.8) is 0 Å². The second-order valence-corrected chi connectivity index (χ2v) is 7.71. The topological polar surface area (TPSA) is 92.8 Å². The summed E-state index contributed by atoms with van der Waals surface area (Å²) in [5.74, 6) is -0.551. The number of methoxy groups -OCH3 is 1. The highest BCUT2D eigenvalue weighted by Crippen LogP contribution is 2.29. The van der Waals surface area contributed by atoms with Crippen molar-refractivity contribution < 1.29 is 22.7 Å². The minimum atomic E-state index is -3.99. The van der Waals surface area contributed by atoms with E-state index in [0.29, 0.717) is 10.1 Å². The first-order valence-electron chi connectivity index (χ1n) is 7.94. The molecule has 0 aromatic heterocycles. The molecule has 0 fully saturated rings. The van der Waals surface area contributed by atoms with E-state index >= 15 is 0 Å². The van der Waals surface area contributed by atoms with E-state index in [0.717, 1.165) is 5.56 Å². The van der Waals surface area contributed by atoms with Gasteiger partial charge in [0, 0.05) is 0 Å². The standard InChI is InChI=1S/C18H18N2O5S/c1-12(13-7-9-14(25-2)10-8-13)19-17(21)11-20-18(22)15-5-3-4-6-16(15)26(20,23)24/h3-10,12H,11H2,1-2H3,(H,19,21)/t12-/m1/s1. The molecule has 2 aromatic rings. The molecular weight excluding hydrogens is 356 g/mol. The van der Waals surface area contributed by atoms with E-state index < -0.39 is 28.4 Å². The summed E-state index contributed by atoms with van der Waals surface area (Å²) < 4.78 is 30.6. The van der Waals surface area contributed by atoms with Crippen molar-refractivity contribution in [2.75, 3.05) is 13.7 Å². The zero-order valence-electron chi connectivity index (χ0n) is 14.3. The molecule has 7 nitrogen and oxygen atoms in total. The van der Waals surface area contributed by atoms with Crippen LogP contribution < -0.4 is 10.1 Å². The number of nitrogens with one attached hydrogen (secondary N) is 1. The molecule has 0 bridgehead atoms. The molecule has 2 amide bonds. The SMILES string of the molecule is COc1ccc([C@@H](C)NC(=O)CN2C(=O)c3ccccc3S2(=O)=O)cc1. The van der Waals surface area contributed by atoms with Gasteiger partial charge in [0.25, 0.3) is 15.9 Å². The van der Waals surface area contributed by atoms with E-state index in [1.54, 1.807) is 50.4 Å². The summed E-state index contributed by atoms with van der Waals surface area (Å²) in [6.45, 7) is 1.21. The molecule has 0 saturated heterocycles. The lowest BCUT2D eigenvalue weighted by atomic mass is 10.1. The second kappa shape index (κ2) is 6.80. The van der Waals surface area contributed by atoms with Gasteiger partial charge in [-0.15, -0.1) is 0 Å². The van der Waals surface area contributed by atoms with Crippen LogP contribution in [0.2, 0.25) is 0 Å². The van der Waals surface area contributed by atoms with E-state index in [2.05, 4.69) is 5.32 Å². The van der Waals surface area contributed by atoms with Gasteiger partial charge in [0.15, 0.2) is 0 Å². The first-order chi connectivity index (χ1) is 12.3. The predicted octanol–water partition coefficient (Wildman–Crippen LogP) is 1.72. The third-order valence-electron chi connectivity index (χ3n) is 4.19. The Bertz CT molecular complexity index is 954. The second-order valence-electron chi connectivity index (χ2n) is 5.88. The van der Waals surface area contributed by atoms with Crippen LogP contribution in [0.5, 0.6) is 5.75 Å². The van der Waals surface area contributed by atoms with Crippen molar-refractivity contribution in [2.24, 2.45) is 0 Å². The van der Waals surface area contributed by atoms with Crippen LogP contribution in [0.25, 0.3) is 0 Å². The van der Waals surface area contributed by atoms with Crippen molar-refractivity contribution in [3.05, 3.63) is 59.7 Å². The molecule has 1 N–H and O–H groups in total. The third-order valence-corrected chi connectivity index (χ3v) is 5.98. The van der Waals surface area contributed by atoms with Gasteiger partial charge >= 0.3 is 0 Å². The molecule has 1 aliphatic rings. The minimum absolute atomic E-state index is 0.0685. The average Bonchev–Trinajstić information content (AvgIpc) is 2.83. The molecule has 1 heterocycles. The Labute approximate surface area is 151 Å². The van der Waals surface area contributed by atoms with Gasteiger partial charge in [0.1, 0.15) is 17.2 Å². The van der Waals surface area contributed by atoms with Crippen molar-refractivity contribution in [1.29, 1.82) is 0 Å². The number of hydrogen-bond donors (Lipinski definition) is 1. The first-order valence-corrected chi connectivity index (χ1v) is 9.38. The monoisotopic (exact) mass is 374 g/mol. The Morgan fingerprint density at radius 2 is 1.81 bits per heavy atom. The van der Waals surface area contributed by atoms with Gasteiger partial charge in [-0.25, -0.2) is 12.7 Å². The van der Waals surface area contributed by atoms with Crippen molar-refractivity contribution in [3.8, 4) is 5.75 Å². The molecule has 0 spiro atoms. The van der Waals surface area contributed by atoms with Gasteiger partial charge < -0.3 is 10.1 Å². The van der Waals surface area contributed by atoms with Crippen LogP contribution in [0.3, 0.4) is 0 Å². The van der Waals surface area contributed by atoms with Crippen molar-refractivity contribution in [2.45, 2.75) is 17.9 Å². The number of carbonyl (C=O) groups excluding carboxylic acids is 2. The highest BCUT2D eigenvalue weighted by atomic mass is 32.2. The Morgan fingerprint density at radius 1 is 1.15 bits per heavy atom. The van der Waals surface area contributed by atoms with Crippen LogP contribution in [-0.4, -0.2) is 38.2 Å². The first kappa shape index (κ1) is 17.9. The van der Waals surface area contributed by atoms with E-state index in [-0.39, 0.29) is 16.5 Å². The van der Waals surface area contributed by atoms with Gasteiger partial charge in [-0.05, 0) is 36.8 Å². The van der Waals surface area contributed by atoms with Crippen LogP contribution in [0.4, 0.5) is 0 Å². The van der Waals surface area contributed by atoms with Crippen molar-refractivity contribution in [1.82, 2.24) is 9.62 Å². The summed E-state index contributed by atoms with van der Waals surface area (Å²) in [6.07, 6.45) is 0. The van der Waals surface area contributed by atoms with Gasteiger partial charge in [-0.2, -0.15) is 0 Å². The summed E-state index contributed by atoms with van der Waals surface area (Å²) in [7, 11) is -2.43. The Morgan fingerprint density at radius 3 is 2.42 bits per heavy atom. The molecular formula is C18H18N2O5S. The fourth-order valence-electron chi connectivity index (χ4n) is 2.78. The minimum Gasteiger partial charge on any atom is -0.497 e. The lowest BCUT2D eigenvalue weighted by molar-refractivity contribution is -0.121. The molecule has 0 saturated carbocycles. The maximum absolute atomic E-state index is 12.5. The number of fused-ring (bicyclic) bond motifs is 1. The van der Waals surface area contributed by atoms with Crippen LogP contribution in [-0.2, 0) is 14.8 Å². The highest BCUT2D eigenvalue weighted by Gasteiger charge is 2.41. The fraction of sp³-hybridized carbons (Fsp3) is 0.222. The summed E-state index contributed by atoms with van der Waals surface area (Å²) in [4.78, 5) is 24.6. The lowest BCUT2D eigenvalue weighted by Crippen LogP contribution is -2.41. The number of sulfonamides is 1. The number of rotatable bonds is 5. The molecule has 2 aromatic carbocycles. The van der Waals surface area contributed by atoms with Gasteiger partial charge in [-0.3, -0.25) is 9.59 Å². The van der Waals surface area contributed by atoms with Crippen LogP contribution in [0.1, 0.15) is 28.9 Å². The quantitative estimate of drug-likeness (QED) is 0.860. The summed E-state index contributed by atoms with van der Waals surface area (Å²) >= 11 is 0. The van der Waals surface area contributed by atoms with Crippen molar-refractivity contribution >= 4 is 21.8 Å². The molecule has 0 aliphatic carbocycles. The Hall–Kier alpha value is -2.87. The van der Waals surface area contributed by atoms with Gasteiger partial charge in [0.05, 0.1) is 18.7 Å². The fourth-order valence-corrected chi connectivity index (χ4v) is 4.31. The van der Waals surface area contributed by atoms with E-state index in [9.17, 15) is 18.0 Å². The summed E-state index contributed by atoms with van der Waals surface area (Å²) in [6, 6.07) is 12.7. The zero-order chi connectivity index (χ0) is 18.9. The molecule has 26 heavy (non-hydrogen) atoms. The maximum atomic E-state index is 12.5.